The highest BCUT2D eigenvalue weighted by Crippen LogP contribution is 2.35. The van der Waals surface area contributed by atoms with Crippen molar-refractivity contribution in [3.63, 3.8) is 0 Å². The van der Waals surface area contributed by atoms with Crippen molar-refractivity contribution in [2.75, 3.05) is 0 Å². The van der Waals surface area contributed by atoms with Crippen molar-refractivity contribution < 1.29 is 13.2 Å². The molecule has 2 unspecified atom stereocenters. The van der Waals surface area contributed by atoms with Crippen LogP contribution >= 0.6 is 0 Å². The summed E-state index contributed by atoms with van der Waals surface area (Å²) in [6.45, 7) is 1.66. The lowest BCUT2D eigenvalue weighted by molar-refractivity contribution is -0.164. The van der Waals surface area contributed by atoms with Crippen LogP contribution in [0, 0.1) is 5.92 Å². The molecular formula is C8H12F3N. The van der Waals surface area contributed by atoms with Crippen molar-refractivity contribution in [2.24, 2.45) is 11.7 Å². The molecule has 1 nitrogen and oxygen atoms in total. The van der Waals surface area contributed by atoms with Gasteiger partial charge in [-0.05, 0) is 19.8 Å². The first kappa shape index (κ1) is 9.58. The summed E-state index contributed by atoms with van der Waals surface area (Å²) in [5.74, 6) is -1.28. The topological polar surface area (TPSA) is 26.0 Å². The van der Waals surface area contributed by atoms with Gasteiger partial charge in [-0.2, -0.15) is 13.2 Å². The highest BCUT2D eigenvalue weighted by atomic mass is 19.4. The fourth-order valence-corrected chi connectivity index (χ4v) is 1.37. The van der Waals surface area contributed by atoms with Gasteiger partial charge in [0.15, 0.2) is 0 Å². The molecule has 0 aromatic carbocycles. The van der Waals surface area contributed by atoms with Gasteiger partial charge < -0.3 is 5.73 Å². The predicted molar refractivity (Wildman–Crippen MR) is 40.5 cm³/mol. The van der Waals surface area contributed by atoms with E-state index in [1.54, 1.807) is 6.92 Å². The average molecular weight is 179 g/mol. The van der Waals surface area contributed by atoms with Gasteiger partial charge in [0.1, 0.15) is 0 Å². The maximum absolute atomic E-state index is 12.2. The highest BCUT2D eigenvalue weighted by molar-refractivity contribution is 5.13. The molecule has 0 heterocycles. The molecule has 70 valence electrons. The molecular weight excluding hydrogens is 167 g/mol. The zero-order chi connectivity index (χ0) is 9.35. The van der Waals surface area contributed by atoms with Crippen molar-refractivity contribution in [1.29, 1.82) is 0 Å². The van der Waals surface area contributed by atoms with Crippen LogP contribution in [0.5, 0.6) is 0 Å². The van der Waals surface area contributed by atoms with Crippen LogP contribution in [0.4, 0.5) is 13.2 Å². The van der Waals surface area contributed by atoms with Crippen LogP contribution in [0.25, 0.3) is 0 Å². The Morgan fingerprint density at radius 3 is 2.42 bits per heavy atom. The van der Waals surface area contributed by atoms with E-state index in [9.17, 15) is 13.2 Å². The van der Waals surface area contributed by atoms with Gasteiger partial charge in [-0.15, -0.1) is 0 Å². The van der Waals surface area contributed by atoms with Gasteiger partial charge in [-0.25, -0.2) is 0 Å². The average Bonchev–Trinajstić information content (AvgIpc) is 1.92. The summed E-state index contributed by atoms with van der Waals surface area (Å²) in [4.78, 5) is 0. The van der Waals surface area contributed by atoms with Crippen molar-refractivity contribution >= 4 is 0 Å². The number of halogens is 3. The molecule has 4 heteroatoms. The Morgan fingerprint density at radius 2 is 2.00 bits per heavy atom. The number of nitrogens with two attached hydrogens (primary N) is 1. The first-order valence-electron chi connectivity index (χ1n) is 3.92. The molecule has 2 N–H and O–H groups in total. The van der Waals surface area contributed by atoms with Gasteiger partial charge in [0.05, 0.1) is 5.92 Å². The predicted octanol–water partition coefficient (Wildman–Crippen LogP) is 2.23. The number of alkyl halides is 3. The number of allylic oxidation sites excluding steroid dienone is 1. The standard InChI is InChI=1S/C8H12F3N/c1-5-4-6(8(9,10)11)2-3-7(5)12/h4,6-7H,2-3,12H2,1H3. The lowest BCUT2D eigenvalue weighted by Gasteiger charge is -2.25. The van der Waals surface area contributed by atoms with E-state index in [4.69, 9.17) is 5.73 Å². The number of rotatable bonds is 0. The maximum Gasteiger partial charge on any atom is 0.395 e. The van der Waals surface area contributed by atoms with Gasteiger partial charge >= 0.3 is 6.18 Å². The summed E-state index contributed by atoms with van der Waals surface area (Å²) in [5, 5.41) is 0. The third-order valence-electron chi connectivity index (χ3n) is 2.26. The second-order valence-corrected chi connectivity index (χ2v) is 3.24. The molecule has 2 atom stereocenters. The molecule has 0 aromatic rings. The Labute approximate surface area is 69.4 Å². The Bertz CT molecular complexity index is 195. The molecule has 12 heavy (non-hydrogen) atoms. The van der Waals surface area contributed by atoms with Crippen molar-refractivity contribution in [2.45, 2.75) is 32.0 Å². The molecule has 0 fully saturated rings. The molecule has 1 aliphatic rings. The van der Waals surface area contributed by atoms with E-state index < -0.39 is 12.1 Å². The molecule has 1 rings (SSSR count). The molecule has 0 radical (unpaired) electrons. The molecule has 0 aromatic heterocycles. The van der Waals surface area contributed by atoms with E-state index in [0.29, 0.717) is 12.0 Å². The fraction of sp³-hybridized carbons (Fsp3) is 0.750. The van der Waals surface area contributed by atoms with E-state index in [0.717, 1.165) is 0 Å². The molecule has 0 aliphatic heterocycles. The van der Waals surface area contributed by atoms with Gasteiger partial charge in [0.2, 0.25) is 0 Å². The first-order chi connectivity index (χ1) is 5.41. The summed E-state index contributed by atoms with van der Waals surface area (Å²) in [6.07, 6.45) is -2.29. The smallest absolute Gasteiger partial charge is 0.324 e. The fourth-order valence-electron chi connectivity index (χ4n) is 1.37. The van der Waals surface area contributed by atoms with E-state index in [1.165, 1.54) is 6.08 Å². The Balaban J connectivity index is 2.73. The summed E-state index contributed by atoms with van der Waals surface area (Å²) >= 11 is 0. The van der Waals surface area contributed by atoms with Crippen LogP contribution in [0.3, 0.4) is 0 Å². The Hall–Kier alpha value is -0.510. The highest BCUT2D eigenvalue weighted by Gasteiger charge is 2.39. The Kier molecular flexibility index (Phi) is 2.46. The maximum atomic E-state index is 12.2. The van der Waals surface area contributed by atoms with Crippen molar-refractivity contribution in [3.05, 3.63) is 11.6 Å². The van der Waals surface area contributed by atoms with E-state index >= 15 is 0 Å². The quantitative estimate of drug-likeness (QED) is 0.567. The molecule has 0 saturated heterocycles. The van der Waals surface area contributed by atoms with Gasteiger partial charge in [-0.3, -0.25) is 0 Å². The first-order valence-corrected chi connectivity index (χ1v) is 3.92. The van der Waals surface area contributed by atoms with E-state index in [1.807, 2.05) is 0 Å². The SMILES string of the molecule is CC1=CC(C(F)(F)F)CCC1N. The Morgan fingerprint density at radius 1 is 1.42 bits per heavy atom. The zero-order valence-electron chi connectivity index (χ0n) is 6.86. The summed E-state index contributed by atoms with van der Waals surface area (Å²) in [6, 6.07) is -0.177. The number of hydrogen-bond donors (Lipinski definition) is 1. The van der Waals surface area contributed by atoms with Crippen molar-refractivity contribution in [1.82, 2.24) is 0 Å². The largest absolute Gasteiger partial charge is 0.395 e. The van der Waals surface area contributed by atoms with Crippen LogP contribution in [-0.2, 0) is 0 Å². The zero-order valence-corrected chi connectivity index (χ0v) is 6.86. The summed E-state index contributed by atoms with van der Waals surface area (Å²) in [5.41, 5.74) is 6.20. The molecule has 0 saturated carbocycles. The van der Waals surface area contributed by atoms with Crippen LogP contribution in [0.2, 0.25) is 0 Å². The molecule has 0 bridgehead atoms. The summed E-state index contributed by atoms with van der Waals surface area (Å²) in [7, 11) is 0. The second kappa shape index (κ2) is 3.09. The summed E-state index contributed by atoms with van der Waals surface area (Å²) < 4.78 is 36.5. The normalized spacial score (nSPS) is 31.6. The van der Waals surface area contributed by atoms with Crippen LogP contribution in [0.15, 0.2) is 11.6 Å². The van der Waals surface area contributed by atoms with Crippen LogP contribution in [0.1, 0.15) is 19.8 Å². The van der Waals surface area contributed by atoms with E-state index in [2.05, 4.69) is 0 Å². The number of hydrogen-bond acceptors (Lipinski definition) is 1. The van der Waals surface area contributed by atoms with Gasteiger partial charge in [-0.1, -0.05) is 11.6 Å². The van der Waals surface area contributed by atoms with Gasteiger partial charge in [0.25, 0.3) is 0 Å². The lowest BCUT2D eigenvalue weighted by Crippen LogP contribution is -2.31. The third-order valence-corrected chi connectivity index (χ3v) is 2.26. The second-order valence-electron chi connectivity index (χ2n) is 3.24. The minimum absolute atomic E-state index is 0.127. The minimum atomic E-state index is -4.10. The molecule has 1 aliphatic carbocycles. The van der Waals surface area contributed by atoms with Gasteiger partial charge in [0, 0.05) is 6.04 Å². The van der Waals surface area contributed by atoms with E-state index in [-0.39, 0.29) is 12.5 Å². The monoisotopic (exact) mass is 179 g/mol. The van der Waals surface area contributed by atoms with Crippen LogP contribution in [-0.4, -0.2) is 12.2 Å². The molecule has 0 amide bonds. The van der Waals surface area contributed by atoms with Crippen LogP contribution < -0.4 is 5.73 Å². The third kappa shape index (κ3) is 2.00. The molecule has 0 spiro atoms. The van der Waals surface area contributed by atoms with Crippen molar-refractivity contribution in [3.8, 4) is 0 Å². The minimum Gasteiger partial charge on any atom is -0.324 e. The lowest BCUT2D eigenvalue weighted by atomic mass is 9.88.